The van der Waals surface area contributed by atoms with E-state index < -0.39 is 22.5 Å². The van der Waals surface area contributed by atoms with Crippen molar-refractivity contribution in [3.63, 3.8) is 0 Å². The summed E-state index contributed by atoms with van der Waals surface area (Å²) in [5.41, 5.74) is 1.90. The standard InChI is InChI=1S/C24H26Cl2N6O4S/c1-30(2)10-8-27-22-5-7-28-24(29-22)31-9-6-16-11-19(3-4-21(16)31)32(15-23(33)34)37(35,36)20-13-17(25)12-18(26)14-20/h3-5,7,11-14H,6,8-10,15H2,1-2H3,(H,33,34)(H,27,28,29). The lowest BCUT2D eigenvalue weighted by molar-refractivity contribution is -0.135. The van der Waals surface area contributed by atoms with Crippen molar-refractivity contribution in [1.29, 1.82) is 0 Å². The van der Waals surface area contributed by atoms with E-state index in [-0.39, 0.29) is 20.6 Å². The molecule has 0 unspecified atom stereocenters. The summed E-state index contributed by atoms with van der Waals surface area (Å²) in [6.07, 6.45) is 2.29. The average Bonchev–Trinajstić information content (AvgIpc) is 3.25. The summed E-state index contributed by atoms with van der Waals surface area (Å²) in [4.78, 5) is 24.5. The maximum absolute atomic E-state index is 13.4. The molecule has 1 aliphatic rings. The molecule has 0 saturated carbocycles. The third-order valence-corrected chi connectivity index (χ3v) is 7.89. The van der Waals surface area contributed by atoms with E-state index in [1.54, 1.807) is 30.5 Å². The van der Waals surface area contributed by atoms with Gasteiger partial charge in [-0.3, -0.25) is 9.10 Å². The van der Waals surface area contributed by atoms with Crippen LogP contribution in [0.4, 0.5) is 23.1 Å². The Hall–Kier alpha value is -3.12. The summed E-state index contributed by atoms with van der Waals surface area (Å²) in [7, 11) is -0.273. The molecule has 13 heteroatoms. The molecule has 1 aromatic heterocycles. The minimum atomic E-state index is -4.26. The first-order valence-corrected chi connectivity index (χ1v) is 13.6. The van der Waals surface area contributed by atoms with Crippen LogP contribution in [0, 0.1) is 0 Å². The zero-order chi connectivity index (χ0) is 26.7. The molecule has 196 valence electrons. The zero-order valence-corrected chi connectivity index (χ0v) is 22.6. The first-order chi connectivity index (χ1) is 17.5. The van der Waals surface area contributed by atoms with Gasteiger partial charge >= 0.3 is 5.97 Å². The highest BCUT2D eigenvalue weighted by Crippen LogP contribution is 2.37. The number of carbonyl (C=O) groups is 1. The smallest absolute Gasteiger partial charge is 0.324 e. The SMILES string of the molecule is CN(C)CCNc1ccnc(N2CCc3cc(N(CC(=O)O)S(=O)(=O)c4cc(Cl)cc(Cl)c4)ccc32)n1. The second-order valence-electron chi connectivity index (χ2n) is 8.70. The van der Waals surface area contributed by atoms with E-state index in [4.69, 9.17) is 23.2 Å². The maximum atomic E-state index is 13.4. The number of halogens is 2. The van der Waals surface area contributed by atoms with Gasteiger partial charge < -0.3 is 20.2 Å². The van der Waals surface area contributed by atoms with Gasteiger partial charge in [-0.25, -0.2) is 13.4 Å². The number of fused-ring (bicyclic) bond motifs is 1. The van der Waals surface area contributed by atoms with Crippen molar-refractivity contribution < 1.29 is 18.3 Å². The van der Waals surface area contributed by atoms with Crippen molar-refractivity contribution in [2.75, 3.05) is 54.8 Å². The Morgan fingerprint density at radius 2 is 1.86 bits per heavy atom. The van der Waals surface area contributed by atoms with Crippen LogP contribution < -0.4 is 14.5 Å². The number of nitrogens with zero attached hydrogens (tertiary/aromatic N) is 5. The predicted molar refractivity (Wildman–Crippen MR) is 145 cm³/mol. The summed E-state index contributed by atoms with van der Waals surface area (Å²) in [6.45, 7) is 1.41. The third kappa shape index (κ3) is 6.24. The van der Waals surface area contributed by atoms with Gasteiger partial charge in [-0.2, -0.15) is 4.98 Å². The number of benzene rings is 2. The fourth-order valence-electron chi connectivity index (χ4n) is 3.98. The van der Waals surface area contributed by atoms with Crippen molar-refractivity contribution in [3.05, 3.63) is 64.3 Å². The normalized spacial score (nSPS) is 13.1. The van der Waals surface area contributed by atoms with Crippen molar-refractivity contribution >= 4 is 62.3 Å². The number of hydrogen-bond donors (Lipinski definition) is 2. The number of aliphatic carboxylic acids is 1. The molecular weight excluding hydrogens is 539 g/mol. The van der Waals surface area contributed by atoms with Gasteiger partial charge in [0.2, 0.25) is 5.95 Å². The highest BCUT2D eigenvalue weighted by Gasteiger charge is 2.30. The Balaban J connectivity index is 1.64. The Kier molecular flexibility index (Phi) is 8.08. The summed E-state index contributed by atoms with van der Waals surface area (Å²) in [6, 6.07) is 10.7. The van der Waals surface area contributed by atoms with E-state index in [0.717, 1.165) is 28.6 Å². The van der Waals surface area contributed by atoms with Crippen LogP contribution in [0.2, 0.25) is 10.0 Å². The molecule has 0 aliphatic carbocycles. The molecule has 0 amide bonds. The first kappa shape index (κ1) is 26.9. The Bertz CT molecular complexity index is 1400. The van der Waals surface area contributed by atoms with Gasteiger partial charge in [-0.05, 0) is 68.5 Å². The molecule has 2 heterocycles. The molecule has 4 rings (SSSR count). The lowest BCUT2D eigenvalue weighted by atomic mass is 10.1. The largest absolute Gasteiger partial charge is 0.480 e. The van der Waals surface area contributed by atoms with Gasteiger partial charge in [-0.15, -0.1) is 0 Å². The molecule has 10 nitrogen and oxygen atoms in total. The lowest BCUT2D eigenvalue weighted by Crippen LogP contribution is -2.35. The van der Waals surface area contributed by atoms with Crippen LogP contribution in [0.15, 0.2) is 53.6 Å². The maximum Gasteiger partial charge on any atom is 0.324 e. The topological polar surface area (TPSA) is 119 Å². The molecule has 0 atom stereocenters. The second kappa shape index (κ2) is 11.1. The van der Waals surface area contributed by atoms with Gasteiger partial charge in [0.15, 0.2) is 0 Å². The fraction of sp³-hybridized carbons (Fsp3) is 0.292. The van der Waals surface area contributed by atoms with Crippen molar-refractivity contribution in [2.24, 2.45) is 0 Å². The number of anilines is 4. The van der Waals surface area contributed by atoms with Crippen LogP contribution in [0.3, 0.4) is 0 Å². The molecule has 0 radical (unpaired) electrons. The molecule has 3 aromatic rings. The lowest BCUT2D eigenvalue weighted by Gasteiger charge is -2.24. The van der Waals surface area contributed by atoms with Gasteiger partial charge in [0, 0.05) is 41.6 Å². The monoisotopic (exact) mass is 564 g/mol. The molecule has 37 heavy (non-hydrogen) atoms. The zero-order valence-electron chi connectivity index (χ0n) is 20.2. The number of aromatic nitrogens is 2. The predicted octanol–water partition coefficient (Wildman–Crippen LogP) is 3.73. The quantitative estimate of drug-likeness (QED) is 0.379. The van der Waals surface area contributed by atoms with E-state index in [0.29, 0.717) is 24.7 Å². The van der Waals surface area contributed by atoms with Gasteiger partial charge in [-0.1, -0.05) is 23.2 Å². The van der Waals surface area contributed by atoms with E-state index in [2.05, 4.69) is 20.2 Å². The molecule has 2 aromatic carbocycles. The molecule has 2 N–H and O–H groups in total. The summed E-state index contributed by atoms with van der Waals surface area (Å²) in [5, 5.41) is 13.0. The number of likely N-dealkylation sites (N-methyl/N-ethyl adjacent to an activating group) is 1. The third-order valence-electron chi connectivity index (χ3n) is 5.70. The van der Waals surface area contributed by atoms with Gasteiger partial charge in [0.05, 0.1) is 10.6 Å². The summed E-state index contributed by atoms with van der Waals surface area (Å²) in [5.74, 6) is -0.0772. The van der Waals surface area contributed by atoms with Crippen LogP contribution >= 0.6 is 23.2 Å². The second-order valence-corrected chi connectivity index (χ2v) is 11.4. The highest BCUT2D eigenvalue weighted by atomic mass is 35.5. The number of rotatable bonds is 10. The Morgan fingerprint density at radius 3 is 2.54 bits per heavy atom. The number of hydrogen-bond acceptors (Lipinski definition) is 8. The van der Waals surface area contributed by atoms with Gasteiger partial charge in [0.1, 0.15) is 12.4 Å². The van der Waals surface area contributed by atoms with Gasteiger partial charge in [0.25, 0.3) is 10.0 Å². The molecule has 1 aliphatic heterocycles. The van der Waals surface area contributed by atoms with Crippen LogP contribution in [0.25, 0.3) is 0 Å². The Morgan fingerprint density at radius 1 is 1.14 bits per heavy atom. The van der Waals surface area contributed by atoms with Crippen LogP contribution in [0.5, 0.6) is 0 Å². The van der Waals surface area contributed by atoms with E-state index in [1.807, 2.05) is 19.0 Å². The summed E-state index contributed by atoms with van der Waals surface area (Å²) >= 11 is 12.0. The number of carboxylic acid groups (broad SMARTS) is 1. The molecule has 0 fully saturated rings. The van der Waals surface area contributed by atoms with Crippen molar-refractivity contribution in [2.45, 2.75) is 11.3 Å². The van der Waals surface area contributed by atoms with E-state index in [9.17, 15) is 18.3 Å². The number of sulfonamides is 1. The first-order valence-electron chi connectivity index (χ1n) is 11.4. The minimum absolute atomic E-state index is 0.129. The van der Waals surface area contributed by atoms with Crippen molar-refractivity contribution in [3.8, 4) is 0 Å². The minimum Gasteiger partial charge on any atom is -0.480 e. The molecular formula is C24H26Cl2N6O4S. The summed E-state index contributed by atoms with van der Waals surface area (Å²) < 4.78 is 27.7. The fourth-order valence-corrected chi connectivity index (χ4v) is 6.11. The van der Waals surface area contributed by atoms with Crippen molar-refractivity contribution in [1.82, 2.24) is 14.9 Å². The molecule has 0 bridgehead atoms. The number of carboxylic acids is 1. The van der Waals surface area contributed by atoms with Crippen LogP contribution in [-0.4, -0.2) is 74.6 Å². The molecule has 0 spiro atoms. The van der Waals surface area contributed by atoms with Crippen LogP contribution in [0.1, 0.15) is 5.56 Å². The highest BCUT2D eigenvalue weighted by molar-refractivity contribution is 7.92. The van der Waals surface area contributed by atoms with E-state index in [1.165, 1.54) is 18.2 Å². The number of nitrogens with one attached hydrogen (secondary N) is 1. The van der Waals surface area contributed by atoms with Crippen LogP contribution in [-0.2, 0) is 21.2 Å². The molecule has 0 saturated heterocycles. The average molecular weight is 565 g/mol. The van der Waals surface area contributed by atoms with E-state index >= 15 is 0 Å². The Labute approximate surface area is 225 Å².